The maximum absolute atomic E-state index is 4.70. The molecule has 0 bridgehead atoms. The van der Waals surface area contributed by atoms with Crippen LogP contribution in [-0.4, -0.2) is 27.3 Å². The first-order valence-electron chi connectivity index (χ1n) is 7.65. The van der Waals surface area contributed by atoms with Gasteiger partial charge in [-0.1, -0.05) is 19.8 Å². The van der Waals surface area contributed by atoms with Crippen molar-refractivity contribution in [3.63, 3.8) is 0 Å². The Labute approximate surface area is 125 Å². The number of rotatable bonds is 4. The zero-order valence-electron chi connectivity index (χ0n) is 12.5. The average molecular weight is 328 g/mol. The van der Waals surface area contributed by atoms with Crippen LogP contribution in [0.15, 0.2) is 4.47 Å². The summed E-state index contributed by atoms with van der Waals surface area (Å²) in [7, 11) is 0. The van der Waals surface area contributed by atoms with E-state index in [2.05, 4.69) is 46.3 Å². The number of aromatic nitrogens is 2. The Kier molecular flexibility index (Phi) is 5.46. The summed E-state index contributed by atoms with van der Waals surface area (Å²) < 4.78 is 3.40. The summed E-state index contributed by atoms with van der Waals surface area (Å²) in [5.74, 6) is 0. The molecule has 4 heteroatoms. The molecule has 1 saturated heterocycles. The summed E-state index contributed by atoms with van der Waals surface area (Å²) >= 11 is 3.76. The van der Waals surface area contributed by atoms with Gasteiger partial charge in [-0.15, -0.1) is 0 Å². The lowest BCUT2D eigenvalue weighted by atomic mass is 10.1. The fourth-order valence-corrected chi connectivity index (χ4v) is 3.62. The topological polar surface area (TPSA) is 21.1 Å². The van der Waals surface area contributed by atoms with Gasteiger partial charge in [-0.25, -0.2) is 0 Å². The molecular formula is C15H26BrN3. The van der Waals surface area contributed by atoms with Crippen molar-refractivity contribution in [2.75, 3.05) is 6.54 Å². The second kappa shape index (κ2) is 6.89. The van der Waals surface area contributed by atoms with Crippen LogP contribution in [0.2, 0.25) is 0 Å². The summed E-state index contributed by atoms with van der Waals surface area (Å²) in [6, 6.07) is 0.694. The highest BCUT2D eigenvalue weighted by molar-refractivity contribution is 9.10. The number of aryl methyl sites for hydroxylation is 2. The van der Waals surface area contributed by atoms with Crippen LogP contribution in [-0.2, 0) is 19.5 Å². The van der Waals surface area contributed by atoms with Gasteiger partial charge in [-0.05, 0) is 55.6 Å². The van der Waals surface area contributed by atoms with E-state index < -0.39 is 0 Å². The highest BCUT2D eigenvalue weighted by Gasteiger charge is 2.21. The van der Waals surface area contributed by atoms with E-state index in [0.717, 1.165) is 19.5 Å². The second-order valence-corrected chi connectivity index (χ2v) is 6.34. The van der Waals surface area contributed by atoms with E-state index in [0.29, 0.717) is 6.04 Å². The Morgan fingerprint density at radius 2 is 2.05 bits per heavy atom. The van der Waals surface area contributed by atoms with Crippen molar-refractivity contribution in [1.82, 2.24) is 14.7 Å². The smallest absolute Gasteiger partial charge is 0.0767 e. The molecule has 0 radical (unpaired) electrons. The molecule has 2 rings (SSSR count). The molecule has 0 N–H and O–H groups in total. The Balaban J connectivity index is 2.19. The first kappa shape index (κ1) is 15.0. The van der Waals surface area contributed by atoms with Crippen LogP contribution >= 0.6 is 15.9 Å². The Morgan fingerprint density at radius 3 is 2.74 bits per heavy atom. The van der Waals surface area contributed by atoms with E-state index >= 15 is 0 Å². The maximum Gasteiger partial charge on any atom is 0.0767 e. The van der Waals surface area contributed by atoms with Gasteiger partial charge in [0.2, 0.25) is 0 Å². The summed E-state index contributed by atoms with van der Waals surface area (Å²) in [6.07, 6.45) is 6.43. The zero-order chi connectivity index (χ0) is 13.8. The number of hydrogen-bond donors (Lipinski definition) is 0. The molecule has 108 valence electrons. The van der Waals surface area contributed by atoms with E-state index in [1.165, 1.54) is 48.1 Å². The Bertz CT molecular complexity index is 414. The fraction of sp³-hybridized carbons (Fsp3) is 0.800. The van der Waals surface area contributed by atoms with E-state index in [4.69, 9.17) is 5.10 Å². The van der Waals surface area contributed by atoms with Crippen LogP contribution in [0.4, 0.5) is 0 Å². The first-order chi connectivity index (χ1) is 9.17. The molecule has 0 saturated carbocycles. The third-order valence-corrected chi connectivity index (χ3v) is 5.15. The lowest BCUT2D eigenvalue weighted by Gasteiger charge is -2.27. The van der Waals surface area contributed by atoms with Crippen LogP contribution in [0.3, 0.4) is 0 Å². The average Bonchev–Trinajstić information content (AvgIpc) is 2.57. The Morgan fingerprint density at radius 1 is 1.26 bits per heavy atom. The maximum atomic E-state index is 4.70. The number of hydrogen-bond acceptors (Lipinski definition) is 2. The van der Waals surface area contributed by atoms with Gasteiger partial charge < -0.3 is 0 Å². The second-order valence-electron chi connectivity index (χ2n) is 5.55. The van der Waals surface area contributed by atoms with Crippen molar-refractivity contribution in [3.8, 4) is 0 Å². The third-order valence-electron chi connectivity index (χ3n) is 4.24. The summed E-state index contributed by atoms with van der Waals surface area (Å²) in [4.78, 5) is 2.63. The molecule has 1 atom stereocenters. The molecule has 3 nitrogen and oxygen atoms in total. The quantitative estimate of drug-likeness (QED) is 0.833. The van der Waals surface area contributed by atoms with Crippen molar-refractivity contribution in [1.29, 1.82) is 0 Å². The van der Waals surface area contributed by atoms with E-state index in [-0.39, 0.29) is 0 Å². The SMILES string of the molecule is CCc1nn(CC)c(CN2CCCCCC2C)c1Br. The Hall–Kier alpha value is -0.350. The molecule has 0 aliphatic carbocycles. The lowest BCUT2D eigenvalue weighted by Crippen LogP contribution is -2.33. The van der Waals surface area contributed by atoms with Gasteiger partial charge in [0.05, 0.1) is 15.9 Å². The molecule has 2 heterocycles. The molecule has 0 amide bonds. The van der Waals surface area contributed by atoms with Crippen LogP contribution < -0.4 is 0 Å². The van der Waals surface area contributed by atoms with Crippen LogP contribution in [0.1, 0.15) is 57.8 Å². The summed E-state index contributed by atoms with van der Waals surface area (Å²) in [5, 5.41) is 4.70. The van der Waals surface area contributed by atoms with Gasteiger partial charge in [0.1, 0.15) is 0 Å². The minimum Gasteiger partial charge on any atom is -0.295 e. The van der Waals surface area contributed by atoms with E-state index in [1.807, 2.05) is 0 Å². The van der Waals surface area contributed by atoms with Crippen LogP contribution in [0.25, 0.3) is 0 Å². The minimum atomic E-state index is 0.694. The summed E-state index contributed by atoms with van der Waals surface area (Å²) in [6.45, 7) is 9.93. The van der Waals surface area contributed by atoms with Crippen molar-refractivity contribution < 1.29 is 0 Å². The first-order valence-corrected chi connectivity index (χ1v) is 8.44. The highest BCUT2D eigenvalue weighted by Crippen LogP contribution is 2.26. The zero-order valence-corrected chi connectivity index (χ0v) is 14.0. The van der Waals surface area contributed by atoms with Gasteiger partial charge in [0, 0.05) is 19.1 Å². The predicted molar refractivity (Wildman–Crippen MR) is 83.3 cm³/mol. The molecule has 1 fully saturated rings. The normalized spacial score (nSPS) is 21.6. The number of halogens is 1. The predicted octanol–water partition coefficient (Wildman–Crippen LogP) is 3.99. The monoisotopic (exact) mass is 327 g/mol. The standard InChI is InChI=1S/C15H26BrN3/c1-4-13-15(16)14(19(5-2)17-13)11-18-10-8-6-7-9-12(18)3/h12H,4-11H2,1-3H3. The van der Waals surface area contributed by atoms with E-state index in [9.17, 15) is 0 Å². The molecule has 1 aliphatic rings. The van der Waals surface area contributed by atoms with Crippen LogP contribution in [0.5, 0.6) is 0 Å². The van der Waals surface area contributed by atoms with E-state index in [1.54, 1.807) is 0 Å². The summed E-state index contributed by atoms with van der Waals surface area (Å²) in [5.41, 5.74) is 2.55. The molecule has 1 aromatic rings. The molecule has 0 aromatic carbocycles. The van der Waals surface area contributed by atoms with Gasteiger partial charge in [-0.2, -0.15) is 5.10 Å². The van der Waals surface area contributed by atoms with Gasteiger partial charge in [0.25, 0.3) is 0 Å². The highest BCUT2D eigenvalue weighted by atomic mass is 79.9. The molecule has 1 unspecified atom stereocenters. The van der Waals surface area contributed by atoms with Gasteiger partial charge >= 0.3 is 0 Å². The fourth-order valence-electron chi connectivity index (χ4n) is 2.93. The van der Waals surface area contributed by atoms with Gasteiger partial charge in [-0.3, -0.25) is 9.58 Å². The molecule has 0 spiro atoms. The van der Waals surface area contributed by atoms with Gasteiger partial charge in [0.15, 0.2) is 0 Å². The van der Waals surface area contributed by atoms with Crippen LogP contribution in [0, 0.1) is 0 Å². The number of likely N-dealkylation sites (tertiary alicyclic amines) is 1. The molecule has 1 aliphatic heterocycles. The third kappa shape index (κ3) is 3.40. The minimum absolute atomic E-state index is 0.694. The molecule has 19 heavy (non-hydrogen) atoms. The van der Waals surface area contributed by atoms with Crippen molar-refractivity contribution in [3.05, 3.63) is 15.9 Å². The number of nitrogens with zero attached hydrogens (tertiary/aromatic N) is 3. The lowest BCUT2D eigenvalue weighted by molar-refractivity contribution is 0.198. The van der Waals surface area contributed by atoms with Crippen molar-refractivity contribution in [2.24, 2.45) is 0 Å². The largest absolute Gasteiger partial charge is 0.295 e. The molecular weight excluding hydrogens is 302 g/mol. The van der Waals surface area contributed by atoms with Crippen molar-refractivity contribution in [2.45, 2.75) is 72.0 Å². The molecule has 1 aromatic heterocycles. The van der Waals surface area contributed by atoms with Crippen molar-refractivity contribution >= 4 is 15.9 Å².